The van der Waals surface area contributed by atoms with Gasteiger partial charge in [-0.2, -0.15) is 0 Å². The van der Waals surface area contributed by atoms with Crippen LogP contribution in [0.5, 0.6) is 0 Å². The maximum absolute atomic E-state index is 13.7. The molecule has 4 heteroatoms. The van der Waals surface area contributed by atoms with Crippen LogP contribution in [-0.2, 0) is 6.42 Å². The first-order valence-corrected chi connectivity index (χ1v) is 6.73. The van der Waals surface area contributed by atoms with E-state index >= 15 is 0 Å². The Labute approximate surface area is 121 Å². The van der Waals surface area contributed by atoms with Gasteiger partial charge in [0.25, 0.3) is 0 Å². The first-order chi connectivity index (χ1) is 10.0. The van der Waals surface area contributed by atoms with Gasteiger partial charge in [-0.25, -0.2) is 8.78 Å². The summed E-state index contributed by atoms with van der Waals surface area (Å²) in [5, 5.41) is 0.972. The van der Waals surface area contributed by atoms with Gasteiger partial charge >= 0.3 is 0 Å². The minimum atomic E-state index is -0.593. The number of aryl methyl sites for hydroxylation is 1. The van der Waals surface area contributed by atoms with Crippen molar-refractivity contribution in [3.05, 3.63) is 71.0 Å². The van der Waals surface area contributed by atoms with Crippen LogP contribution >= 0.6 is 0 Å². The van der Waals surface area contributed by atoms with E-state index in [0.717, 1.165) is 22.6 Å². The predicted molar refractivity (Wildman–Crippen MR) is 77.9 cm³/mol. The average molecular weight is 287 g/mol. The summed E-state index contributed by atoms with van der Waals surface area (Å²) in [6.45, 7) is 1.96. The second-order valence-electron chi connectivity index (χ2n) is 5.19. The third kappa shape index (κ3) is 2.67. The molecule has 1 aromatic heterocycles. The summed E-state index contributed by atoms with van der Waals surface area (Å²) >= 11 is 0. The smallest absolute Gasteiger partial charge is 0.137 e. The molecule has 2 N–H and O–H groups in total. The molecule has 0 spiro atoms. The molecule has 1 heterocycles. The fourth-order valence-electron chi connectivity index (χ4n) is 2.44. The molecule has 0 radical (unpaired) electrons. The number of rotatable bonds is 3. The molecular formula is C17H15F2NO. The van der Waals surface area contributed by atoms with E-state index in [2.05, 4.69) is 0 Å². The molecule has 0 aliphatic carbocycles. The number of benzene rings is 2. The van der Waals surface area contributed by atoms with Crippen molar-refractivity contribution in [3.8, 4) is 0 Å². The SMILES string of the molecule is Cc1cccc2cc(C(N)Cc3ccc(F)cc3F)oc12. The zero-order valence-electron chi connectivity index (χ0n) is 11.6. The van der Waals surface area contributed by atoms with Crippen molar-refractivity contribution in [2.45, 2.75) is 19.4 Å². The minimum absolute atomic E-state index is 0.255. The lowest BCUT2D eigenvalue weighted by Crippen LogP contribution is -2.13. The Bertz CT molecular complexity index is 795. The molecule has 2 aromatic carbocycles. The van der Waals surface area contributed by atoms with E-state index in [9.17, 15) is 8.78 Å². The second-order valence-corrected chi connectivity index (χ2v) is 5.19. The molecule has 21 heavy (non-hydrogen) atoms. The van der Waals surface area contributed by atoms with E-state index < -0.39 is 17.7 Å². The van der Waals surface area contributed by atoms with Gasteiger partial charge in [-0.1, -0.05) is 24.3 Å². The Hall–Kier alpha value is -2.20. The number of para-hydroxylation sites is 1. The van der Waals surface area contributed by atoms with Crippen molar-refractivity contribution in [2.24, 2.45) is 5.73 Å². The van der Waals surface area contributed by atoms with E-state index in [0.29, 0.717) is 11.3 Å². The highest BCUT2D eigenvalue weighted by molar-refractivity contribution is 5.81. The van der Waals surface area contributed by atoms with Crippen LogP contribution < -0.4 is 5.73 Å². The molecule has 1 unspecified atom stereocenters. The van der Waals surface area contributed by atoms with Gasteiger partial charge in [0.2, 0.25) is 0 Å². The summed E-state index contributed by atoms with van der Waals surface area (Å²) in [7, 11) is 0. The van der Waals surface area contributed by atoms with Crippen molar-refractivity contribution in [2.75, 3.05) is 0 Å². The summed E-state index contributed by atoms with van der Waals surface area (Å²) < 4.78 is 32.3. The largest absolute Gasteiger partial charge is 0.459 e. The second kappa shape index (κ2) is 5.30. The molecule has 0 aliphatic heterocycles. The highest BCUT2D eigenvalue weighted by Gasteiger charge is 2.16. The van der Waals surface area contributed by atoms with Gasteiger partial charge in [-0.3, -0.25) is 0 Å². The Morgan fingerprint density at radius 1 is 1.14 bits per heavy atom. The molecule has 2 nitrogen and oxygen atoms in total. The van der Waals surface area contributed by atoms with E-state index in [-0.39, 0.29) is 6.42 Å². The zero-order chi connectivity index (χ0) is 15.0. The number of furan rings is 1. The number of halogens is 2. The van der Waals surface area contributed by atoms with Crippen LogP contribution in [0.25, 0.3) is 11.0 Å². The molecule has 0 amide bonds. The predicted octanol–water partition coefficient (Wildman–Crippen LogP) is 4.26. The van der Waals surface area contributed by atoms with Crippen molar-refractivity contribution in [3.63, 3.8) is 0 Å². The van der Waals surface area contributed by atoms with Crippen molar-refractivity contribution in [1.82, 2.24) is 0 Å². The maximum Gasteiger partial charge on any atom is 0.137 e. The van der Waals surface area contributed by atoms with Crippen molar-refractivity contribution < 1.29 is 13.2 Å². The van der Waals surface area contributed by atoms with E-state index in [1.54, 1.807) is 0 Å². The normalized spacial score (nSPS) is 12.8. The Kier molecular flexibility index (Phi) is 3.47. The van der Waals surface area contributed by atoms with E-state index in [4.69, 9.17) is 10.2 Å². The third-order valence-corrected chi connectivity index (χ3v) is 3.58. The van der Waals surface area contributed by atoms with Gasteiger partial charge < -0.3 is 10.2 Å². The molecule has 3 rings (SSSR count). The van der Waals surface area contributed by atoms with Crippen LogP contribution in [0.3, 0.4) is 0 Å². The summed E-state index contributed by atoms with van der Waals surface area (Å²) in [5.41, 5.74) is 8.29. The lowest BCUT2D eigenvalue weighted by molar-refractivity contribution is 0.485. The molecule has 0 bridgehead atoms. The molecule has 3 aromatic rings. The molecule has 0 fully saturated rings. The molecule has 1 atom stereocenters. The van der Waals surface area contributed by atoms with Gasteiger partial charge in [0.15, 0.2) is 0 Å². The number of nitrogens with two attached hydrogens (primary N) is 1. The van der Waals surface area contributed by atoms with Gasteiger partial charge in [0.05, 0.1) is 6.04 Å². The number of fused-ring (bicyclic) bond motifs is 1. The third-order valence-electron chi connectivity index (χ3n) is 3.58. The molecule has 0 saturated carbocycles. The van der Waals surface area contributed by atoms with E-state index in [1.807, 2.05) is 31.2 Å². The van der Waals surface area contributed by atoms with Gasteiger partial charge in [-0.15, -0.1) is 0 Å². The summed E-state index contributed by atoms with van der Waals surface area (Å²) in [5.74, 6) is -0.579. The first kappa shape index (κ1) is 13.8. The van der Waals surface area contributed by atoms with Gasteiger partial charge in [-0.05, 0) is 36.6 Å². The minimum Gasteiger partial charge on any atom is -0.459 e. The van der Waals surface area contributed by atoms with Crippen LogP contribution in [0.1, 0.15) is 22.9 Å². The monoisotopic (exact) mass is 287 g/mol. The van der Waals surface area contributed by atoms with Crippen LogP contribution in [0.15, 0.2) is 46.9 Å². The van der Waals surface area contributed by atoms with Crippen LogP contribution in [0.2, 0.25) is 0 Å². The Balaban J connectivity index is 1.90. The van der Waals surface area contributed by atoms with E-state index in [1.165, 1.54) is 12.1 Å². The lowest BCUT2D eigenvalue weighted by Gasteiger charge is -2.09. The van der Waals surface area contributed by atoms with Crippen molar-refractivity contribution in [1.29, 1.82) is 0 Å². The van der Waals surface area contributed by atoms with Crippen molar-refractivity contribution >= 4 is 11.0 Å². The first-order valence-electron chi connectivity index (χ1n) is 6.73. The lowest BCUT2D eigenvalue weighted by atomic mass is 10.0. The molecule has 0 saturated heterocycles. The summed E-state index contributed by atoms with van der Waals surface area (Å²) in [6, 6.07) is 10.8. The Morgan fingerprint density at radius 3 is 2.67 bits per heavy atom. The molecule has 108 valence electrons. The fraction of sp³-hybridized carbons (Fsp3) is 0.176. The van der Waals surface area contributed by atoms with Crippen LogP contribution in [-0.4, -0.2) is 0 Å². The standard InChI is InChI=1S/C17H15F2NO/c1-10-3-2-4-12-8-16(21-17(10)12)15(20)7-11-5-6-13(18)9-14(11)19/h2-6,8-9,15H,7,20H2,1H3. The Morgan fingerprint density at radius 2 is 1.95 bits per heavy atom. The van der Waals surface area contributed by atoms with Crippen LogP contribution in [0, 0.1) is 18.6 Å². The van der Waals surface area contributed by atoms with Gasteiger partial charge in [0.1, 0.15) is 23.0 Å². The molecular weight excluding hydrogens is 272 g/mol. The van der Waals surface area contributed by atoms with Crippen LogP contribution in [0.4, 0.5) is 8.78 Å². The molecule has 0 aliphatic rings. The number of hydrogen-bond acceptors (Lipinski definition) is 2. The zero-order valence-corrected chi connectivity index (χ0v) is 11.6. The average Bonchev–Trinajstić information content (AvgIpc) is 2.87. The van der Waals surface area contributed by atoms with Gasteiger partial charge in [0, 0.05) is 11.5 Å². The summed E-state index contributed by atoms with van der Waals surface area (Å²) in [4.78, 5) is 0. The summed E-state index contributed by atoms with van der Waals surface area (Å²) in [6.07, 6.45) is 0.255. The maximum atomic E-state index is 13.7. The fourth-order valence-corrected chi connectivity index (χ4v) is 2.44. The topological polar surface area (TPSA) is 39.2 Å². The quantitative estimate of drug-likeness (QED) is 0.781. The highest BCUT2D eigenvalue weighted by Crippen LogP contribution is 2.27. The highest BCUT2D eigenvalue weighted by atomic mass is 19.1. The number of hydrogen-bond donors (Lipinski definition) is 1.